The van der Waals surface area contributed by atoms with E-state index in [1.54, 1.807) is 0 Å². The molecule has 1 aromatic carbocycles. The minimum atomic E-state index is -1.27. The Morgan fingerprint density at radius 1 is 0.968 bits per heavy atom. The van der Waals surface area contributed by atoms with Crippen molar-refractivity contribution in [1.29, 1.82) is 0 Å². The number of ether oxygens (including phenoxy) is 1. The van der Waals surface area contributed by atoms with E-state index in [1.807, 2.05) is 6.08 Å². The fourth-order valence-electron chi connectivity index (χ4n) is 5.54. The molecular formula is C27H40F2O2. The van der Waals surface area contributed by atoms with Gasteiger partial charge in [0.2, 0.25) is 5.82 Å². The molecule has 3 rings (SSSR count). The highest BCUT2D eigenvalue weighted by Crippen LogP contribution is 2.46. The van der Waals surface area contributed by atoms with Crippen LogP contribution in [0.1, 0.15) is 96.0 Å². The van der Waals surface area contributed by atoms with Gasteiger partial charge in [0.15, 0.2) is 11.6 Å². The maximum atomic E-state index is 14.9. The zero-order valence-corrected chi connectivity index (χ0v) is 19.2. The average molecular weight is 435 g/mol. The number of hydrogen-bond donors (Lipinski definition) is 1. The highest BCUT2D eigenvalue weighted by atomic mass is 19.2. The minimum Gasteiger partial charge on any atom is -0.490 e. The molecule has 0 aromatic heterocycles. The van der Waals surface area contributed by atoms with Crippen LogP contribution in [0.2, 0.25) is 0 Å². The topological polar surface area (TPSA) is 29.5 Å². The number of allylic oxidation sites excluding steroid dienone is 1. The van der Waals surface area contributed by atoms with Crippen LogP contribution in [0.25, 0.3) is 0 Å². The van der Waals surface area contributed by atoms with E-state index in [2.05, 4.69) is 13.5 Å². The van der Waals surface area contributed by atoms with Crippen LogP contribution in [0.5, 0.6) is 5.75 Å². The van der Waals surface area contributed by atoms with Crippen molar-refractivity contribution in [3.8, 4) is 5.75 Å². The Hall–Kier alpha value is -1.42. The van der Waals surface area contributed by atoms with E-state index >= 15 is 0 Å². The second-order valence-electron chi connectivity index (χ2n) is 9.97. The smallest absolute Gasteiger partial charge is 0.200 e. The third-order valence-corrected chi connectivity index (χ3v) is 7.69. The highest BCUT2D eigenvalue weighted by Gasteiger charge is 2.40. The first-order valence-electron chi connectivity index (χ1n) is 12.4. The van der Waals surface area contributed by atoms with Crippen molar-refractivity contribution in [2.75, 3.05) is 6.61 Å². The molecule has 2 saturated carbocycles. The maximum Gasteiger partial charge on any atom is 0.200 e. The van der Waals surface area contributed by atoms with Crippen molar-refractivity contribution in [2.24, 2.45) is 17.8 Å². The molecule has 1 N–H and O–H groups in total. The van der Waals surface area contributed by atoms with Crippen LogP contribution in [0.4, 0.5) is 8.78 Å². The lowest BCUT2D eigenvalue weighted by molar-refractivity contribution is -0.0288. The molecule has 0 heterocycles. The van der Waals surface area contributed by atoms with Crippen LogP contribution in [0, 0.1) is 29.4 Å². The van der Waals surface area contributed by atoms with Gasteiger partial charge < -0.3 is 9.84 Å². The largest absolute Gasteiger partial charge is 0.490 e. The summed E-state index contributed by atoms with van der Waals surface area (Å²) in [5, 5.41) is 11.2. The zero-order valence-electron chi connectivity index (χ0n) is 19.2. The third kappa shape index (κ3) is 6.31. The van der Waals surface area contributed by atoms with Crippen LogP contribution in [0.15, 0.2) is 24.8 Å². The van der Waals surface area contributed by atoms with Crippen molar-refractivity contribution in [3.05, 3.63) is 42.0 Å². The standard InChI is InChI=1S/C27H40F2O2/c1-3-4-5-6-7-8-19-31-24-14-13-23(25(28)26(24)29)27(30)17-15-22(16-18-27)21-11-9-20(2)10-12-21/h3,13-14,20-22,30H,1,4-12,15-19H2,2H3. The molecular weight excluding hydrogens is 394 g/mol. The monoisotopic (exact) mass is 434 g/mol. The first-order chi connectivity index (χ1) is 14.9. The summed E-state index contributed by atoms with van der Waals surface area (Å²) in [7, 11) is 0. The van der Waals surface area contributed by atoms with Gasteiger partial charge in [0.05, 0.1) is 12.2 Å². The van der Waals surface area contributed by atoms with Gasteiger partial charge in [-0.15, -0.1) is 6.58 Å². The Morgan fingerprint density at radius 2 is 1.61 bits per heavy atom. The van der Waals surface area contributed by atoms with E-state index < -0.39 is 17.2 Å². The average Bonchev–Trinajstić information content (AvgIpc) is 2.77. The molecule has 0 radical (unpaired) electrons. The maximum absolute atomic E-state index is 14.9. The molecule has 1 aromatic rings. The van der Waals surface area contributed by atoms with Crippen molar-refractivity contribution < 1.29 is 18.6 Å². The molecule has 2 nitrogen and oxygen atoms in total. The normalized spacial score (nSPS) is 29.0. The Labute approximate surface area is 187 Å². The Kier molecular flexibility index (Phi) is 8.95. The first kappa shape index (κ1) is 24.2. The third-order valence-electron chi connectivity index (χ3n) is 7.69. The van der Waals surface area contributed by atoms with Gasteiger partial charge in [-0.25, -0.2) is 4.39 Å². The Morgan fingerprint density at radius 3 is 2.29 bits per heavy atom. The van der Waals surface area contributed by atoms with E-state index in [0.29, 0.717) is 25.4 Å². The van der Waals surface area contributed by atoms with Crippen molar-refractivity contribution in [1.82, 2.24) is 0 Å². The molecule has 0 unspecified atom stereocenters. The van der Waals surface area contributed by atoms with Gasteiger partial charge >= 0.3 is 0 Å². The number of halogens is 2. The van der Waals surface area contributed by atoms with Crippen LogP contribution >= 0.6 is 0 Å². The first-order valence-corrected chi connectivity index (χ1v) is 12.4. The fraction of sp³-hybridized carbons (Fsp3) is 0.704. The molecule has 31 heavy (non-hydrogen) atoms. The van der Waals surface area contributed by atoms with Gasteiger partial charge in [-0.3, -0.25) is 0 Å². The SMILES string of the molecule is C=CCCCCCCOc1ccc(C2(O)CCC(C3CCC(C)CC3)CC2)c(F)c1F. The van der Waals surface area contributed by atoms with Gasteiger partial charge in [0, 0.05) is 5.56 Å². The summed E-state index contributed by atoms with van der Waals surface area (Å²) in [4.78, 5) is 0. The van der Waals surface area contributed by atoms with E-state index in [0.717, 1.165) is 56.8 Å². The molecule has 174 valence electrons. The number of unbranched alkanes of at least 4 members (excludes halogenated alkanes) is 4. The number of aliphatic hydroxyl groups is 1. The number of rotatable bonds is 10. The van der Waals surface area contributed by atoms with Crippen LogP contribution in [-0.2, 0) is 5.60 Å². The molecule has 2 aliphatic rings. The Balaban J connectivity index is 1.53. The summed E-state index contributed by atoms with van der Waals surface area (Å²) in [5.41, 5.74) is -1.18. The zero-order chi connectivity index (χ0) is 22.3. The summed E-state index contributed by atoms with van der Waals surface area (Å²) in [5.74, 6) is 0.189. The summed E-state index contributed by atoms with van der Waals surface area (Å²) in [6.07, 6.45) is 14.8. The van der Waals surface area contributed by atoms with E-state index in [9.17, 15) is 13.9 Å². The Bertz CT molecular complexity index is 701. The van der Waals surface area contributed by atoms with E-state index in [4.69, 9.17) is 4.74 Å². The molecule has 0 atom stereocenters. The fourth-order valence-corrected chi connectivity index (χ4v) is 5.54. The van der Waals surface area contributed by atoms with Gasteiger partial charge in [-0.1, -0.05) is 38.7 Å². The summed E-state index contributed by atoms with van der Waals surface area (Å²) in [6, 6.07) is 3.01. The molecule has 2 aliphatic carbocycles. The molecule has 4 heteroatoms. The summed E-state index contributed by atoms with van der Waals surface area (Å²) >= 11 is 0. The molecule has 2 fully saturated rings. The van der Waals surface area contributed by atoms with Crippen LogP contribution in [0.3, 0.4) is 0 Å². The summed E-state index contributed by atoms with van der Waals surface area (Å²) < 4.78 is 35.0. The van der Waals surface area contributed by atoms with Crippen molar-refractivity contribution in [3.63, 3.8) is 0 Å². The highest BCUT2D eigenvalue weighted by molar-refractivity contribution is 5.34. The lowest BCUT2D eigenvalue weighted by Crippen LogP contribution is -2.35. The van der Waals surface area contributed by atoms with Gasteiger partial charge in [-0.05, 0) is 87.7 Å². The lowest BCUT2D eigenvalue weighted by atomic mass is 9.67. The van der Waals surface area contributed by atoms with Crippen molar-refractivity contribution >= 4 is 0 Å². The number of benzene rings is 1. The predicted molar refractivity (Wildman–Crippen MR) is 122 cm³/mol. The van der Waals surface area contributed by atoms with Gasteiger partial charge in [-0.2, -0.15) is 4.39 Å². The minimum absolute atomic E-state index is 0.0547. The second-order valence-corrected chi connectivity index (χ2v) is 9.97. The molecule has 0 amide bonds. The van der Waals surface area contributed by atoms with Crippen LogP contribution in [-0.4, -0.2) is 11.7 Å². The predicted octanol–water partition coefficient (Wildman–Crippen LogP) is 7.68. The molecule has 0 aliphatic heterocycles. The van der Waals surface area contributed by atoms with E-state index in [-0.39, 0.29) is 11.3 Å². The lowest BCUT2D eigenvalue weighted by Gasteiger charge is -2.41. The van der Waals surface area contributed by atoms with Crippen LogP contribution < -0.4 is 4.74 Å². The van der Waals surface area contributed by atoms with Crippen molar-refractivity contribution in [2.45, 2.75) is 96.0 Å². The second kappa shape index (κ2) is 11.4. The van der Waals surface area contributed by atoms with Gasteiger partial charge in [0.25, 0.3) is 0 Å². The molecule has 0 saturated heterocycles. The quantitative estimate of drug-likeness (QED) is 0.302. The van der Waals surface area contributed by atoms with Gasteiger partial charge in [0.1, 0.15) is 0 Å². The number of hydrogen-bond acceptors (Lipinski definition) is 2. The molecule has 0 spiro atoms. The molecule has 0 bridgehead atoms. The van der Waals surface area contributed by atoms with E-state index in [1.165, 1.54) is 37.8 Å². The summed E-state index contributed by atoms with van der Waals surface area (Å²) in [6.45, 7) is 6.40.